The zero-order chi connectivity index (χ0) is 14.7. The van der Waals surface area contributed by atoms with Crippen LogP contribution in [-0.2, 0) is 11.3 Å². The van der Waals surface area contributed by atoms with Gasteiger partial charge in [0.25, 0.3) is 0 Å². The maximum absolute atomic E-state index is 13.1. The molecule has 0 atom stereocenters. The standard InChI is InChI=1S/C17H26N2O2/c18-17(10-4-1-5-11-17)16(20)19(14-7-2-3-8-14)13-15-9-6-12-21-15/h6,9,12,14H,1-5,7-8,10-11,13,18H2. The van der Waals surface area contributed by atoms with Crippen molar-refractivity contribution in [2.45, 2.75) is 75.9 Å². The van der Waals surface area contributed by atoms with Gasteiger partial charge in [-0.25, -0.2) is 0 Å². The topological polar surface area (TPSA) is 59.5 Å². The van der Waals surface area contributed by atoms with Crippen molar-refractivity contribution >= 4 is 5.91 Å². The Morgan fingerprint density at radius 1 is 1.24 bits per heavy atom. The van der Waals surface area contributed by atoms with Gasteiger partial charge in [0.2, 0.25) is 5.91 Å². The number of carbonyl (C=O) groups is 1. The molecule has 0 radical (unpaired) electrons. The summed E-state index contributed by atoms with van der Waals surface area (Å²) in [5.41, 5.74) is 5.83. The molecule has 116 valence electrons. The maximum Gasteiger partial charge on any atom is 0.243 e. The molecule has 1 heterocycles. The third kappa shape index (κ3) is 3.15. The fraction of sp³-hybridized carbons (Fsp3) is 0.706. The molecule has 4 heteroatoms. The molecule has 1 aromatic rings. The first-order valence-corrected chi connectivity index (χ1v) is 8.31. The zero-order valence-corrected chi connectivity index (χ0v) is 12.7. The molecule has 2 saturated carbocycles. The van der Waals surface area contributed by atoms with Crippen LogP contribution in [0.15, 0.2) is 22.8 Å². The van der Waals surface area contributed by atoms with E-state index in [4.69, 9.17) is 10.2 Å². The highest BCUT2D eigenvalue weighted by Gasteiger charge is 2.41. The van der Waals surface area contributed by atoms with Crippen LogP contribution in [0.3, 0.4) is 0 Å². The molecule has 0 bridgehead atoms. The lowest BCUT2D eigenvalue weighted by atomic mass is 9.81. The van der Waals surface area contributed by atoms with Crippen LogP contribution in [0.1, 0.15) is 63.5 Å². The smallest absolute Gasteiger partial charge is 0.243 e. The maximum atomic E-state index is 13.1. The van der Waals surface area contributed by atoms with E-state index in [0.29, 0.717) is 12.6 Å². The summed E-state index contributed by atoms with van der Waals surface area (Å²) in [6, 6.07) is 4.16. The summed E-state index contributed by atoms with van der Waals surface area (Å²) < 4.78 is 5.46. The Kier molecular flexibility index (Phi) is 4.34. The van der Waals surface area contributed by atoms with Crippen molar-refractivity contribution in [1.82, 2.24) is 4.90 Å². The van der Waals surface area contributed by atoms with E-state index in [0.717, 1.165) is 44.3 Å². The summed E-state index contributed by atoms with van der Waals surface area (Å²) in [6.45, 7) is 0.565. The number of carbonyl (C=O) groups excluding carboxylic acids is 1. The van der Waals surface area contributed by atoms with E-state index in [1.165, 1.54) is 19.3 Å². The average molecular weight is 290 g/mol. The number of hydrogen-bond acceptors (Lipinski definition) is 3. The van der Waals surface area contributed by atoms with Crippen LogP contribution in [-0.4, -0.2) is 22.4 Å². The number of hydrogen-bond donors (Lipinski definition) is 1. The Morgan fingerprint density at radius 2 is 1.95 bits per heavy atom. The van der Waals surface area contributed by atoms with Crippen LogP contribution >= 0.6 is 0 Å². The predicted octanol–water partition coefficient (Wildman–Crippen LogP) is 3.21. The van der Waals surface area contributed by atoms with E-state index < -0.39 is 5.54 Å². The Balaban J connectivity index is 1.78. The molecule has 2 aliphatic carbocycles. The highest BCUT2D eigenvalue weighted by atomic mass is 16.3. The van der Waals surface area contributed by atoms with Crippen LogP contribution in [0.5, 0.6) is 0 Å². The molecule has 3 rings (SSSR count). The van der Waals surface area contributed by atoms with Crippen molar-refractivity contribution in [1.29, 1.82) is 0 Å². The van der Waals surface area contributed by atoms with Crippen molar-refractivity contribution in [3.63, 3.8) is 0 Å². The first-order chi connectivity index (χ1) is 10.2. The summed E-state index contributed by atoms with van der Waals surface area (Å²) in [5.74, 6) is 1.00. The van der Waals surface area contributed by atoms with Gasteiger partial charge in [0.05, 0.1) is 18.3 Å². The second kappa shape index (κ2) is 6.22. The number of nitrogens with zero attached hydrogens (tertiary/aromatic N) is 1. The van der Waals surface area contributed by atoms with Crippen molar-refractivity contribution in [2.24, 2.45) is 5.73 Å². The van der Waals surface area contributed by atoms with Crippen LogP contribution in [0.25, 0.3) is 0 Å². The first kappa shape index (κ1) is 14.6. The van der Waals surface area contributed by atoms with Crippen molar-refractivity contribution in [3.05, 3.63) is 24.2 Å². The van der Waals surface area contributed by atoms with Gasteiger partial charge in [0, 0.05) is 6.04 Å². The molecule has 2 aliphatic rings. The normalized spacial score (nSPS) is 22.3. The van der Waals surface area contributed by atoms with E-state index in [2.05, 4.69) is 0 Å². The second-order valence-electron chi connectivity index (χ2n) is 6.67. The van der Waals surface area contributed by atoms with Crippen molar-refractivity contribution < 1.29 is 9.21 Å². The minimum atomic E-state index is -0.645. The number of rotatable bonds is 4. The molecule has 1 amide bonds. The monoisotopic (exact) mass is 290 g/mol. The molecule has 4 nitrogen and oxygen atoms in total. The summed E-state index contributed by atoms with van der Waals surface area (Å²) >= 11 is 0. The molecule has 0 aromatic carbocycles. The van der Waals surface area contributed by atoms with Gasteiger partial charge in [-0.2, -0.15) is 0 Å². The minimum Gasteiger partial charge on any atom is -0.467 e. The second-order valence-corrected chi connectivity index (χ2v) is 6.67. The fourth-order valence-corrected chi connectivity index (χ4v) is 3.84. The van der Waals surface area contributed by atoms with Gasteiger partial charge >= 0.3 is 0 Å². The van der Waals surface area contributed by atoms with Gasteiger partial charge in [0.15, 0.2) is 0 Å². The molecule has 0 spiro atoms. The van der Waals surface area contributed by atoms with E-state index >= 15 is 0 Å². The number of nitrogens with two attached hydrogens (primary N) is 1. The Hall–Kier alpha value is -1.29. The Bertz CT molecular complexity index is 457. The van der Waals surface area contributed by atoms with E-state index in [9.17, 15) is 4.79 Å². The van der Waals surface area contributed by atoms with Gasteiger partial charge in [0.1, 0.15) is 5.76 Å². The lowest BCUT2D eigenvalue weighted by Crippen LogP contribution is -2.58. The third-order valence-electron chi connectivity index (χ3n) is 5.10. The molecule has 2 fully saturated rings. The van der Waals surface area contributed by atoms with Gasteiger partial charge in [-0.15, -0.1) is 0 Å². The highest BCUT2D eigenvalue weighted by Crippen LogP contribution is 2.32. The summed E-state index contributed by atoms with van der Waals surface area (Å²) in [5, 5.41) is 0. The summed E-state index contributed by atoms with van der Waals surface area (Å²) in [6.07, 6.45) is 11.3. The minimum absolute atomic E-state index is 0.144. The van der Waals surface area contributed by atoms with Gasteiger partial charge < -0.3 is 15.1 Å². The first-order valence-electron chi connectivity index (χ1n) is 8.31. The average Bonchev–Trinajstić information content (AvgIpc) is 3.18. The molecular weight excluding hydrogens is 264 g/mol. The van der Waals surface area contributed by atoms with Gasteiger partial charge in [-0.1, -0.05) is 32.1 Å². The number of furan rings is 1. The predicted molar refractivity (Wildman–Crippen MR) is 81.5 cm³/mol. The van der Waals surface area contributed by atoms with Gasteiger partial charge in [-0.3, -0.25) is 4.79 Å². The summed E-state index contributed by atoms with van der Waals surface area (Å²) in [7, 11) is 0. The van der Waals surface area contributed by atoms with E-state index in [1.807, 2.05) is 17.0 Å². The molecule has 0 saturated heterocycles. The Labute approximate surface area is 126 Å². The summed E-state index contributed by atoms with van der Waals surface area (Å²) in [4.78, 5) is 15.1. The SMILES string of the molecule is NC1(C(=O)N(Cc2ccco2)C2CCCC2)CCCCC1. The third-order valence-corrected chi connectivity index (χ3v) is 5.10. The van der Waals surface area contributed by atoms with Crippen molar-refractivity contribution in [2.75, 3.05) is 0 Å². The quantitative estimate of drug-likeness (QED) is 0.926. The molecule has 2 N–H and O–H groups in total. The highest BCUT2D eigenvalue weighted by molar-refractivity contribution is 5.86. The molecule has 1 aromatic heterocycles. The lowest BCUT2D eigenvalue weighted by Gasteiger charge is -2.39. The largest absolute Gasteiger partial charge is 0.467 e. The fourth-order valence-electron chi connectivity index (χ4n) is 3.84. The molecule has 0 unspecified atom stereocenters. The number of amides is 1. The van der Waals surface area contributed by atoms with Crippen LogP contribution in [0, 0.1) is 0 Å². The lowest BCUT2D eigenvalue weighted by molar-refractivity contribution is -0.141. The zero-order valence-electron chi connectivity index (χ0n) is 12.7. The molecule has 21 heavy (non-hydrogen) atoms. The van der Waals surface area contributed by atoms with Gasteiger partial charge in [-0.05, 0) is 37.8 Å². The van der Waals surface area contributed by atoms with Crippen LogP contribution in [0.4, 0.5) is 0 Å². The Morgan fingerprint density at radius 3 is 2.57 bits per heavy atom. The van der Waals surface area contributed by atoms with Crippen LogP contribution in [0.2, 0.25) is 0 Å². The molecular formula is C17H26N2O2. The van der Waals surface area contributed by atoms with Crippen LogP contribution < -0.4 is 5.73 Å². The van der Waals surface area contributed by atoms with Crippen molar-refractivity contribution in [3.8, 4) is 0 Å². The van der Waals surface area contributed by atoms with E-state index in [1.54, 1.807) is 6.26 Å². The molecule has 0 aliphatic heterocycles. The van der Waals surface area contributed by atoms with E-state index in [-0.39, 0.29) is 5.91 Å².